The highest BCUT2D eigenvalue weighted by Gasteiger charge is 2.27. The zero-order valence-corrected chi connectivity index (χ0v) is 20.6. The van der Waals surface area contributed by atoms with E-state index in [1.807, 2.05) is 44.2 Å². The molecule has 1 aliphatic heterocycles. The Balaban J connectivity index is 1.34. The van der Waals surface area contributed by atoms with Gasteiger partial charge in [0.05, 0.1) is 19.0 Å². The number of methoxy groups -OCH3 is 1. The number of aromatic nitrogens is 1. The van der Waals surface area contributed by atoms with Crippen molar-refractivity contribution in [2.75, 3.05) is 38.2 Å². The monoisotopic (exact) mass is 473 g/mol. The highest BCUT2D eigenvalue weighted by atomic mass is 16.5. The minimum Gasteiger partial charge on any atom is -0.495 e. The predicted molar refractivity (Wildman–Crippen MR) is 138 cm³/mol. The Morgan fingerprint density at radius 3 is 2.34 bits per heavy atom. The second-order valence-electron chi connectivity index (χ2n) is 8.65. The summed E-state index contributed by atoms with van der Waals surface area (Å²) in [7, 11) is 1.64. The highest BCUT2D eigenvalue weighted by Crippen LogP contribution is 2.28. The van der Waals surface area contributed by atoms with Crippen molar-refractivity contribution in [2.45, 2.75) is 20.8 Å². The first-order valence-corrected chi connectivity index (χ1v) is 11.7. The van der Waals surface area contributed by atoms with Crippen LogP contribution in [0, 0.1) is 20.8 Å². The molecule has 2 amide bonds. The van der Waals surface area contributed by atoms with E-state index < -0.39 is 11.8 Å². The predicted octanol–water partition coefficient (Wildman–Crippen LogP) is 3.21. The number of piperazine rings is 1. The van der Waals surface area contributed by atoms with Crippen molar-refractivity contribution < 1.29 is 14.3 Å². The third-order valence-corrected chi connectivity index (χ3v) is 6.32. The van der Waals surface area contributed by atoms with Crippen LogP contribution in [0.25, 0.3) is 5.69 Å². The summed E-state index contributed by atoms with van der Waals surface area (Å²) in [4.78, 5) is 28.8. The molecule has 0 atom stereocenters. The van der Waals surface area contributed by atoms with E-state index in [1.165, 1.54) is 5.56 Å². The smallest absolute Gasteiger partial charge is 0.329 e. The zero-order chi connectivity index (χ0) is 24.9. The lowest BCUT2D eigenvalue weighted by molar-refractivity contribution is -0.146. The molecule has 0 radical (unpaired) electrons. The number of rotatable bonds is 5. The molecule has 182 valence electrons. The number of aryl methyl sites for hydroxylation is 2. The molecule has 0 bridgehead atoms. The molecule has 2 heterocycles. The standard InChI is InChI=1S/C27H31N5O3/c1-19-9-11-23(12-10-19)32-20(2)17-22(21(32)3)18-28-29-26(33)27(34)31-15-13-30(14-16-31)24-7-5-6-8-25(24)35-4/h5-12,17-18H,13-16H2,1-4H3,(H,29,33)/b28-18-. The van der Waals surface area contributed by atoms with E-state index in [2.05, 4.69) is 51.2 Å². The number of nitrogens with zero attached hydrogens (tertiary/aromatic N) is 4. The fourth-order valence-electron chi connectivity index (χ4n) is 4.40. The van der Waals surface area contributed by atoms with Gasteiger partial charge in [-0.15, -0.1) is 0 Å². The van der Waals surface area contributed by atoms with E-state index >= 15 is 0 Å². The normalized spacial score (nSPS) is 13.8. The number of carbonyl (C=O) groups excluding carboxylic acids is 2. The van der Waals surface area contributed by atoms with Crippen molar-refractivity contribution in [3.63, 3.8) is 0 Å². The number of hydrogen-bond acceptors (Lipinski definition) is 5. The van der Waals surface area contributed by atoms with Crippen molar-refractivity contribution in [3.05, 3.63) is 77.1 Å². The Morgan fingerprint density at radius 2 is 1.66 bits per heavy atom. The lowest BCUT2D eigenvalue weighted by Crippen LogP contribution is -2.52. The summed E-state index contributed by atoms with van der Waals surface area (Å²) in [6, 6.07) is 18.1. The van der Waals surface area contributed by atoms with Crippen LogP contribution in [0.4, 0.5) is 5.69 Å². The van der Waals surface area contributed by atoms with E-state index in [9.17, 15) is 9.59 Å². The minimum absolute atomic E-state index is 0.450. The van der Waals surface area contributed by atoms with Crippen LogP contribution < -0.4 is 15.1 Å². The SMILES string of the molecule is COc1ccccc1N1CCN(C(=O)C(=O)N/N=C\c2cc(C)n(-c3ccc(C)cc3)c2C)CC1. The van der Waals surface area contributed by atoms with Crippen molar-refractivity contribution in [2.24, 2.45) is 5.10 Å². The zero-order valence-electron chi connectivity index (χ0n) is 20.6. The number of hydrogen-bond donors (Lipinski definition) is 1. The number of ether oxygens (including phenoxy) is 1. The van der Waals surface area contributed by atoms with Crippen LogP contribution in [0.2, 0.25) is 0 Å². The second-order valence-corrected chi connectivity index (χ2v) is 8.65. The van der Waals surface area contributed by atoms with Gasteiger partial charge in [0.25, 0.3) is 0 Å². The Hall–Kier alpha value is -4.07. The topological polar surface area (TPSA) is 79.2 Å². The van der Waals surface area contributed by atoms with Crippen LogP contribution in [0.3, 0.4) is 0 Å². The molecule has 8 nitrogen and oxygen atoms in total. The van der Waals surface area contributed by atoms with Crippen molar-refractivity contribution >= 4 is 23.7 Å². The van der Waals surface area contributed by atoms with Gasteiger partial charge in [-0.3, -0.25) is 9.59 Å². The van der Waals surface area contributed by atoms with E-state index in [0.29, 0.717) is 26.2 Å². The number of benzene rings is 2. The quantitative estimate of drug-likeness (QED) is 0.351. The number of anilines is 1. The van der Waals surface area contributed by atoms with E-state index in [4.69, 9.17) is 4.74 Å². The number of nitrogens with one attached hydrogen (secondary N) is 1. The summed E-state index contributed by atoms with van der Waals surface area (Å²) in [5.41, 5.74) is 8.58. The summed E-state index contributed by atoms with van der Waals surface area (Å²) in [6.45, 7) is 8.22. The van der Waals surface area contributed by atoms with Crippen LogP contribution in [0.15, 0.2) is 59.7 Å². The Labute approximate surface area is 205 Å². The van der Waals surface area contributed by atoms with Crippen LogP contribution in [0.5, 0.6) is 5.75 Å². The molecule has 0 unspecified atom stereocenters. The van der Waals surface area contributed by atoms with Gasteiger partial charge in [-0.25, -0.2) is 5.43 Å². The maximum Gasteiger partial charge on any atom is 0.329 e. The lowest BCUT2D eigenvalue weighted by atomic mass is 10.2. The van der Waals surface area contributed by atoms with Crippen LogP contribution in [-0.2, 0) is 9.59 Å². The number of para-hydroxylation sites is 2. The number of carbonyl (C=O) groups is 2. The lowest BCUT2D eigenvalue weighted by Gasteiger charge is -2.36. The fraction of sp³-hybridized carbons (Fsp3) is 0.296. The molecule has 8 heteroatoms. The Bertz CT molecular complexity index is 1240. The van der Waals surface area contributed by atoms with Gasteiger partial charge in [-0.05, 0) is 51.1 Å². The van der Waals surface area contributed by atoms with Gasteiger partial charge in [-0.2, -0.15) is 5.10 Å². The first-order chi connectivity index (χ1) is 16.9. The van der Waals surface area contributed by atoms with Crippen LogP contribution in [0.1, 0.15) is 22.5 Å². The second kappa shape index (κ2) is 10.5. The molecule has 0 aliphatic carbocycles. The molecule has 3 aromatic rings. The van der Waals surface area contributed by atoms with Gasteiger partial charge in [0.2, 0.25) is 0 Å². The first-order valence-electron chi connectivity index (χ1n) is 11.7. The molecule has 1 fully saturated rings. The van der Waals surface area contributed by atoms with Crippen LogP contribution in [-0.4, -0.2) is 60.8 Å². The molecule has 2 aromatic carbocycles. The van der Waals surface area contributed by atoms with Gasteiger partial charge in [0, 0.05) is 48.8 Å². The average molecular weight is 474 g/mol. The first kappa shape index (κ1) is 24.1. The van der Waals surface area contributed by atoms with Gasteiger partial charge < -0.3 is 19.1 Å². The molecule has 35 heavy (non-hydrogen) atoms. The van der Waals surface area contributed by atoms with Crippen molar-refractivity contribution in [1.82, 2.24) is 14.9 Å². The third-order valence-electron chi connectivity index (χ3n) is 6.32. The molecular weight excluding hydrogens is 442 g/mol. The van der Waals surface area contributed by atoms with E-state index in [-0.39, 0.29) is 0 Å². The summed E-state index contributed by atoms with van der Waals surface area (Å²) < 4.78 is 7.57. The van der Waals surface area contributed by atoms with Crippen molar-refractivity contribution in [3.8, 4) is 11.4 Å². The minimum atomic E-state index is -0.737. The maximum atomic E-state index is 12.6. The Morgan fingerprint density at radius 1 is 0.971 bits per heavy atom. The molecule has 4 rings (SSSR count). The van der Waals surface area contributed by atoms with Crippen molar-refractivity contribution in [1.29, 1.82) is 0 Å². The van der Waals surface area contributed by atoms with Gasteiger partial charge in [-0.1, -0.05) is 29.8 Å². The molecule has 0 saturated carbocycles. The average Bonchev–Trinajstić information content (AvgIpc) is 3.16. The van der Waals surface area contributed by atoms with Crippen LogP contribution >= 0.6 is 0 Å². The largest absolute Gasteiger partial charge is 0.495 e. The number of amides is 2. The summed E-state index contributed by atoms with van der Waals surface area (Å²) in [5, 5.41) is 4.05. The van der Waals surface area contributed by atoms with Gasteiger partial charge >= 0.3 is 11.8 Å². The summed E-state index contributed by atoms with van der Waals surface area (Å²) >= 11 is 0. The van der Waals surface area contributed by atoms with E-state index in [1.54, 1.807) is 18.2 Å². The maximum absolute atomic E-state index is 12.6. The van der Waals surface area contributed by atoms with Gasteiger partial charge in [0.1, 0.15) is 5.75 Å². The molecule has 1 aromatic heterocycles. The Kier molecular flexibility index (Phi) is 7.19. The highest BCUT2D eigenvalue weighted by molar-refractivity contribution is 6.35. The summed E-state index contributed by atoms with van der Waals surface area (Å²) in [5.74, 6) is -0.521. The molecule has 1 saturated heterocycles. The van der Waals surface area contributed by atoms with Gasteiger partial charge in [0.15, 0.2) is 0 Å². The molecule has 1 N–H and O–H groups in total. The number of hydrazone groups is 1. The summed E-state index contributed by atoms with van der Waals surface area (Å²) in [6.07, 6.45) is 1.58. The third kappa shape index (κ3) is 5.21. The molecule has 1 aliphatic rings. The van der Waals surface area contributed by atoms with E-state index in [0.717, 1.165) is 34.1 Å². The molecule has 0 spiro atoms. The fourth-order valence-corrected chi connectivity index (χ4v) is 4.40. The molecular formula is C27H31N5O3.